The van der Waals surface area contributed by atoms with Gasteiger partial charge in [0, 0.05) is 112 Å². The molecule has 6 heterocycles. The Morgan fingerprint density at radius 3 is 1.06 bits per heavy atom. The molecule has 0 bridgehead atoms. The van der Waals surface area contributed by atoms with Gasteiger partial charge in [-0.15, -0.1) is 0 Å². The summed E-state index contributed by atoms with van der Waals surface area (Å²) in [5, 5.41) is 23.6. The number of hydrogen-bond donors (Lipinski definition) is 6. The molecule has 0 unspecified atom stereocenters. The minimum Gasteiger partial charge on any atom is -0.340 e. The quantitative estimate of drug-likeness (QED) is 0.0389. The Hall–Kier alpha value is -11.2. The van der Waals surface area contributed by atoms with E-state index in [4.69, 9.17) is 0 Å². The second kappa shape index (κ2) is 31.6. The van der Waals surface area contributed by atoms with Gasteiger partial charge in [-0.2, -0.15) is 20.1 Å². The zero-order valence-corrected chi connectivity index (χ0v) is 63.2. The lowest BCUT2D eigenvalue weighted by Gasteiger charge is -2.18. The van der Waals surface area contributed by atoms with Crippen molar-refractivity contribution in [2.75, 3.05) is 49.2 Å². The molecule has 0 radical (unpaired) electrons. The third-order valence-corrected chi connectivity index (χ3v) is 22.1. The van der Waals surface area contributed by atoms with Crippen LogP contribution in [0, 0.1) is 50.9 Å². The maximum Gasteiger partial charge on any atom is 0.229 e. The molecule has 0 atom stereocenters. The molecule has 540 valence electrons. The standard InChI is InChI=1S/2C26H30N6O2S.C25H28N6O2S/c1-18-14-27-25(30-20-9-11-22(12-10-20)32-15-19(2)28-17-32)31-24(18)29-21-7-6-8-23(13-21)35(33,34)16-26(3,4)5;1-18-16-28-25(30-20-9-11-22(12-10-20)32-14-13-27-19(32)2)31-24(18)29-21-7-6-8-23(15-21)35(33,34)17-26(3,4)5;1-18-16-26-24(29-19-9-11-21(12-10-19)31-14-6-13-27-31)30-23(18)28-20-7-5-8-22(15-20)34(32,33)17-25(2,3)4/h6-15,17H,16H2,1-5H3,(H2,27,29,30,31);6-16H,17H2,1-5H3,(H2,28,29,30,31);5-16H,17H2,1-4H3,(H2,26,28,29,30). The Morgan fingerprint density at radius 1 is 0.375 bits per heavy atom. The summed E-state index contributed by atoms with van der Waals surface area (Å²) in [6, 6.07) is 45.9. The molecular formula is C77H88N18O6S3. The summed E-state index contributed by atoms with van der Waals surface area (Å²) in [6.07, 6.45) is 16.2. The fraction of sp³-hybridized carbons (Fsp3) is 0.260. The minimum atomic E-state index is -3.41. The Bertz CT molecular complexity index is 5300. The maximum atomic E-state index is 12.8. The predicted octanol–water partition coefficient (Wildman–Crippen LogP) is 16.4. The third kappa shape index (κ3) is 21.2. The lowest BCUT2D eigenvalue weighted by molar-refractivity contribution is 0.460. The number of anilines is 12. The van der Waals surface area contributed by atoms with E-state index in [0.717, 1.165) is 62.3 Å². The number of sulfone groups is 3. The number of rotatable bonds is 21. The van der Waals surface area contributed by atoms with E-state index in [1.54, 1.807) is 96.6 Å². The molecule has 104 heavy (non-hydrogen) atoms. The van der Waals surface area contributed by atoms with Crippen molar-refractivity contribution in [2.24, 2.45) is 16.2 Å². The Labute approximate surface area is 609 Å². The van der Waals surface area contributed by atoms with Gasteiger partial charge in [0.1, 0.15) is 23.3 Å². The fourth-order valence-corrected chi connectivity index (χ4v) is 16.4. The predicted molar refractivity (Wildman–Crippen MR) is 414 cm³/mol. The number of aryl methyl sites for hydroxylation is 5. The van der Waals surface area contributed by atoms with E-state index < -0.39 is 29.5 Å². The largest absolute Gasteiger partial charge is 0.340 e. The summed E-state index contributed by atoms with van der Waals surface area (Å²) in [7, 11) is -10.2. The molecule has 0 saturated carbocycles. The number of benzene rings is 6. The molecular weight excluding hydrogens is 1370 g/mol. The molecule has 0 aliphatic heterocycles. The monoisotopic (exact) mass is 1460 g/mol. The van der Waals surface area contributed by atoms with Gasteiger partial charge < -0.3 is 41.0 Å². The van der Waals surface area contributed by atoms with Gasteiger partial charge in [-0.3, -0.25) is 0 Å². The van der Waals surface area contributed by atoms with Crippen molar-refractivity contribution in [2.45, 2.75) is 112 Å². The topological polar surface area (TPSA) is 305 Å². The maximum absolute atomic E-state index is 12.8. The van der Waals surface area contributed by atoms with Crippen LogP contribution < -0.4 is 31.9 Å². The second-order valence-electron chi connectivity index (χ2n) is 28.8. The van der Waals surface area contributed by atoms with Gasteiger partial charge in [-0.25, -0.2) is 54.9 Å². The SMILES string of the molecule is Cc1cn(-c2ccc(Nc3ncc(C)c(Nc4cccc(S(=O)(=O)CC(C)(C)C)c4)n3)cc2)cn1.Cc1cnc(Nc2ccc(-n3cccn3)cc2)nc1Nc1cccc(S(=O)(=O)CC(C)(C)C)c1.Cc1cnc(Nc2ccc(-n3ccnc3C)cc2)nc1Nc1cccc(S(=O)(=O)CC(C)(C)C)c1. The van der Waals surface area contributed by atoms with Crippen LogP contribution in [0.15, 0.2) is 222 Å². The van der Waals surface area contributed by atoms with Gasteiger partial charge in [0.2, 0.25) is 17.8 Å². The van der Waals surface area contributed by atoms with Crippen molar-refractivity contribution in [3.63, 3.8) is 0 Å². The van der Waals surface area contributed by atoms with Gasteiger partial charge >= 0.3 is 0 Å². The van der Waals surface area contributed by atoms with Crippen LogP contribution in [0.1, 0.15) is 90.5 Å². The van der Waals surface area contributed by atoms with E-state index in [0.29, 0.717) is 52.4 Å². The third-order valence-electron chi connectivity index (χ3n) is 15.4. The van der Waals surface area contributed by atoms with Gasteiger partial charge in [0.25, 0.3) is 0 Å². The van der Waals surface area contributed by atoms with Crippen molar-refractivity contribution < 1.29 is 25.3 Å². The summed E-state index contributed by atoms with van der Waals surface area (Å²) in [5.41, 5.74) is 9.90. The molecule has 0 saturated heterocycles. The van der Waals surface area contributed by atoms with Crippen LogP contribution in [0.5, 0.6) is 0 Å². The van der Waals surface area contributed by atoms with Crippen LogP contribution in [0.2, 0.25) is 0 Å². The molecule has 6 N–H and O–H groups in total. The molecule has 27 heteroatoms. The van der Waals surface area contributed by atoms with E-state index in [2.05, 4.69) is 76.9 Å². The number of imidazole rings is 2. The summed E-state index contributed by atoms with van der Waals surface area (Å²) in [5.74, 6) is 4.21. The van der Waals surface area contributed by atoms with Gasteiger partial charge in [-0.05, 0) is 184 Å². The Kier molecular flexibility index (Phi) is 22.9. The number of nitrogens with one attached hydrogen (secondary N) is 6. The van der Waals surface area contributed by atoms with Crippen molar-refractivity contribution in [3.8, 4) is 17.1 Å². The van der Waals surface area contributed by atoms with E-state index >= 15 is 0 Å². The molecule has 12 rings (SSSR count). The van der Waals surface area contributed by atoms with Crippen molar-refractivity contribution in [1.82, 2.24) is 58.8 Å². The Morgan fingerprint density at radius 2 is 0.740 bits per heavy atom. The van der Waals surface area contributed by atoms with Gasteiger partial charge in [-0.1, -0.05) is 80.5 Å². The van der Waals surface area contributed by atoms with Gasteiger partial charge in [0.15, 0.2) is 29.5 Å². The molecule has 6 aromatic heterocycles. The van der Waals surface area contributed by atoms with Crippen molar-refractivity contribution in [3.05, 3.63) is 236 Å². The van der Waals surface area contributed by atoms with E-state index in [9.17, 15) is 25.3 Å². The molecule has 0 aliphatic rings. The molecule has 0 amide bonds. The molecule has 0 fully saturated rings. The highest BCUT2D eigenvalue weighted by Gasteiger charge is 2.27. The van der Waals surface area contributed by atoms with Crippen LogP contribution >= 0.6 is 0 Å². The lowest BCUT2D eigenvalue weighted by Crippen LogP contribution is -2.20. The summed E-state index contributed by atoms with van der Waals surface area (Å²) < 4.78 is 82.7. The zero-order chi connectivity index (χ0) is 74.8. The number of aromatic nitrogens is 12. The lowest BCUT2D eigenvalue weighted by atomic mass is 10.0. The zero-order valence-electron chi connectivity index (χ0n) is 60.8. The summed E-state index contributed by atoms with van der Waals surface area (Å²) in [6.45, 7) is 26.8. The van der Waals surface area contributed by atoms with Crippen LogP contribution in [0.25, 0.3) is 17.1 Å². The fourth-order valence-electron chi connectivity index (χ4n) is 10.7. The van der Waals surface area contributed by atoms with Crippen molar-refractivity contribution >= 4 is 98.9 Å². The summed E-state index contributed by atoms with van der Waals surface area (Å²) in [4.78, 5) is 36.3. The molecule has 6 aromatic carbocycles. The smallest absolute Gasteiger partial charge is 0.229 e. The molecule has 0 aliphatic carbocycles. The Balaban J connectivity index is 0.000000167. The van der Waals surface area contributed by atoms with Crippen LogP contribution in [-0.2, 0) is 29.5 Å². The minimum absolute atomic E-state index is 0.0727. The first-order chi connectivity index (χ1) is 49.1. The van der Waals surface area contributed by atoms with Crippen LogP contribution in [0.4, 0.5) is 69.4 Å². The first kappa shape index (κ1) is 75.5. The number of hydrogen-bond acceptors (Lipinski definition) is 21. The highest BCUT2D eigenvalue weighted by atomic mass is 32.2. The number of nitrogens with zero attached hydrogens (tertiary/aromatic N) is 12. The van der Waals surface area contributed by atoms with E-state index in [-0.39, 0.29) is 48.2 Å². The second-order valence-corrected chi connectivity index (χ2v) is 34.8. The average molecular weight is 1460 g/mol. The van der Waals surface area contributed by atoms with Gasteiger partial charge in [0.05, 0.1) is 49.7 Å². The molecule has 24 nitrogen and oxygen atoms in total. The molecule has 0 spiro atoms. The van der Waals surface area contributed by atoms with E-state index in [1.807, 2.05) is 222 Å². The highest BCUT2D eigenvalue weighted by molar-refractivity contribution is 7.92. The first-order valence-electron chi connectivity index (χ1n) is 33.5. The summed E-state index contributed by atoms with van der Waals surface area (Å²) >= 11 is 0. The van der Waals surface area contributed by atoms with Crippen LogP contribution in [0.3, 0.4) is 0 Å². The average Bonchev–Trinajstić information content (AvgIpc) is 0.896. The highest BCUT2D eigenvalue weighted by Crippen LogP contribution is 2.32. The first-order valence-corrected chi connectivity index (χ1v) is 38.5. The van der Waals surface area contributed by atoms with Crippen LogP contribution in [-0.4, -0.2) is 101 Å². The normalized spacial score (nSPS) is 11.9. The van der Waals surface area contributed by atoms with Crippen molar-refractivity contribution in [1.29, 1.82) is 0 Å². The molecule has 12 aromatic rings. The van der Waals surface area contributed by atoms with E-state index in [1.165, 1.54) is 0 Å².